The molecule has 0 aliphatic rings. The van der Waals surface area contributed by atoms with E-state index >= 15 is 0 Å². The maximum Gasteiger partial charge on any atom is 0.472 e. The number of aliphatic hydroxyl groups excluding tert-OH is 7. The highest BCUT2D eigenvalue weighted by Crippen LogP contribution is 2.47. The van der Waals surface area contributed by atoms with E-state index in [9.17, 15) is 49.1 Å². The lowest BCUT2D eigenvalue weighted by Crippen LogP contribution is -2.48. The first-order valence-corrected chi connectivity index (χ1v) is 11.1. The van der Waals surface area contributed by atoms with Crippen LogP contribution >= 0.6 is 15.6 Å². The van der Waals surface area contributed by atoms with Crippen molar-refractivity contribution in [2.75, 3.05) is 13.2 Å². The Kier molecular flexibility index (Phi) is 12.8. The van der Waals surface area contributed by atoms with Crippen molar-refractivity contribution in [3.8, 4) is 0 Å². The van der Waals surface area contributed by atoms with Gasteiger partial charge in [-0.25, -0.2) is 9.13 Å². The summed E-state index contributed by atoms with van der Waals surface area (Å²) >= 11 is 0. The molecule has 0 saturated carbocycles. The molecule has 0 spiro atoms. The molecule has 0 aromatic heterocycles. The largest absolute Gasteiger partial charge is 0.472 e. The van der Waals surface area contributed by atoms with Crippen LogP contribution in [0.2, 0.25) is 0 Å². The van der Waals surface area contributed by atoms with Crippen LogP contribution in [0, 0.1) is 0 Å². The van der Waals surface area contributed by atoms with Gasteiger partial charge in [-0.15, -0.1) is 0 Å². The third-order valence-corrected chi connectivity index (χ3v) is 5.03. The van der Waals surface area contributed by atoms with Crippen molar-refractivity contribution in [2.24, 2.45) is 0 Å². The topological polar surface area (TPSA) is 298 Å². The maximum atomic E-state index is 12.0. The van der Waals surface area contributed by atoms with Crippen molar-refractivity contribution in [3.05, 3.63) is 0 Å². The highest BCUT2D eigenvalue weighted by molar-refractivity contribution is 7.47. The fraction of sp³-hybridized carbons (Fsp3) is 0.833. The van der Waals surface area contributed by atoms with Crippen molar-refractivity contribution in [1.82, 2.24) is 0 Å². The quantitative estimate of drug-likeness (QED) is 0.0695. The summed E-state index contributed by atoms with van der Waals surface area (Å²) in [6, 6.07) is 0. The van der Waals surface area contributed by atoms with Gasteiger partial charge in [0.25, 0.3) is 0 Å². The molecule has 0 aromatic rings. The number of rotatable bonds is 16. The Hall–Kier alpha value is -0.720. The minimum Gasteiger partial charge on any atom is -0.394 e. The molecular weight excluding hydrogens is 478 g/mol. The molecule has 0 rings (SSSR count). The molecule has 0 amide bonds. The summed E-state index contributed by atoms with van der Waals surface area (Å²) in [5, 5.41) is 65.8. The van der Waals surface area contributed by atoms with Gasteiger partial charge in [-0.1, -0.05) is 0 Å². The van der Waals surface area contributed by atoms with Gasteiger partial charge in [-0.05, 0) is 0 Å². The van der Waals surface area contributed by atoms with E-state index < -0.39 is 77.7 Å². The average molecular weight is 502 g/mol. The Morgan fingerprint density at radius 3 is 1.74 bits per heavy atom. The van der Waals surface area contributed by atoms with Crippen LogP contribution in [0.5, 0.6) is 0 Å². The van der Waals surface area contributed by atoms with Gasteiger partial charge in [0.05, 0.1) is 13.2 Å². The molecule has 17 nitrogen and oxygen atoms in total. The zero-order valence-corrected chi connectivity index (χ0v) is 17.2. The second-order valence-corrected chi connectivity index (χ2v) is 8.54. The van der Waals surface area contributed by atoms with Gasteiger partial charge in [0, 0.05) is 0 Å². The highest BCUT2D eigenvalue weighted by Gasteiger charge is 2.43. The molecule has 31 heavy (non-hydrogen) atoms. The van der Waals surface area contributed by atoms with E-state index in [1.807, 2.05) is 0 Å². The van der Waals surface area contributed by atoms with Crippen LogP contribution in [-0.4, -0.2) is 125 Å². The minimum absolute atomic E-state index is 0.180. The van der Waals surface area contributed by atoms with E-state index in [0.29, 0.717) is 0 Å². The Bertz CT molecular complexity index is 653. The molecule has 184 valence electrons. The number of carbonyl (C=O) groups is 2. The first kappa shape index (κ1) is 30.3. The standard InChI is InChI=1S/C12H24O17P2/c13-1-5(16)9(19)10(20)7(18)4-27-31(25,26)29-12(11(21)6(17)2-14)8(3-15)28-30(22,23)24/h1,3,5-12,14,16-21H,2,4H2,(H,25,26)(H2,22,23,24)/t5-,6?,7+,8?,9+,10+,11?,12?/m0/s1. The molecule has 0 fully saturated rings. The summed E-state index contributed by atoms with van der Waals surface area (Å²) in [5.41, 5.74) is 0. The van der Waals surface area contributed by atoms with E-state index in [2.05, 4.69) is 13.6 Å². The smallest absolute Gasteiger partial charge is 0.394 e. The van der Waals surface area contributed by atoms with Crippen molar-refractivity contribution < 1.29 is 82.7 Å². The van der Waals surface area contributed by atoms with Gasteiger partial charge in [0.2, 0.25) is 0 Å². The number of aliphatic hydroxyl groups is 7. The van der Waals surface area contributed by atoms with Crippen LogP contribution in [0.4, 0.5) is 0 Å². The third kappa shape index (κ3) is 10.6. The molecule has 5 unspecified atom stereocenters. The Labute approximate surface area is 173 Å². The van der Waals surface area contributed by atoms with Crippen LogP contribution in [0.15, 0.2) is 0 Å². The van der Waals surface area contributed by atoms with Crippen molar-refractivity contribution >= 4 is 28.2 Å². The van der Waals surface area contributed by atoms with E-state index in [0.717, 1.165) is 0 Å². The lowest BCUT2D eigenvalue weighted by molar-refractivity contribution is -0.139. The highest BCUT2D eigenvalue weighted by atomic mass is 31.2. The second-order valence-electron chi connectivity index (χ2n) is 5.95. The van der Waals surface area contributed by atoms with Gasteiger partial charge in [-0.3, -0.25) is 13.6 Å². The summed E-state index contributed by atoms with van der Waals surface area (Å²) in [4.78, 5) is 48.7. The number of hydrogen-bond donors (Lipinski definition) is 10. The van der Waals surface area contributed by atoms with Gasteiger partial charge in [-0.2, -0.15) is 0 Å². The molecule has 9 atom stereocenters. The van der Waals surface area contributed by atoms with Crippen LogP contribution in [0.25, 0.3) is 0 Å². The second kappa shape index (κ2) is 13.1. The predicted molar refractivity (Wildman–Crippen MR) is 92.8 cm³/mol. The molecule has 0 saturated heterocycles. The van der Waals surface area contributed by atoms with Crippen molar-refractivity contribution in [3.63, 3.8) is 0 Å². The van der Waals surface area contributed by atoms with Crippen LogP contribution < -0.4 is 0 Å². The fourth-order valence-corrected chi connectivity index (χ4v) is 3.37. The normalized spacial score (nSPS) is 22.3. The molecule has 0 aliphatic carbocycles. The van der Waals surface area contributed by atoms with E-state index in [4.69, 9.17) is 20.0 Å². The van der Waals surface area contributed by atoms with Gasteiger partial charge >= 0.3 is 15.6 Å². The van der Waals surface area contributed by atoms with E-state index in [1.54, 1.807) is 0 Å². The fourth-order valence-electron chi connectivity index (χ4n) is 1.93. The minimum atomic E-state index is -5.47. The van der Waals surface area contributed by atoms with Crippen molar-refractivity contribution in [1.29, 1.82) is 0 Å². The van der Waals surface area contributed by atoms with Crippen LogP contribution in [0.3, 0.4) is 0 Å². The van der Waals surface area contributed by atoms with E-state index in [-0.39, 0.29) is 12.6 Å². The zero-order chi connectivity index (χ0) is 24.6. The number of phosphoric acid groups is 2. The van der Waals surface area contributed by atoms with E-state index in [1.165, 1.54) is 0 Å². The molecule has 0 bridgehead atoms. The first-order chi connectivity index (χ1) is 14.1. The average Bonchev–Trinajstić information content (AvgIpc) is 2.70. The predicted octanol–water partition coefficient (Wildman–Crippen LogP) is -5.48. The summed E-state index contributed by atoms with van der Waals surface area (Å²) in [6.07, 6.45) is -18.9. The summed E-state index contributed by atoms with van der Waals surface area (Å²) < 4.78 is 35.6. The molecule has 0 aromatic carbocycles. The van der Waals surface area contributed by atoms with Gasteiger partial charge in [0.15, 0.2) is 18.7 Å². The molecule has 19 heteroatoms. The molecule has 10 N–H and O–H groups in total. The maximum absolute atomic E-state index is 12.0. The SMILES string of the molecule is O=CC(OP(=O)(O)O)C(OP(=O)(O)OC[C@@H](O)[C@@H](O)[C@H](O)[C@@H](O)C=O)C(O)C(O)CO. The van der Waals surface area contributed by atoms with Crippen molar-refractivity contribution in [2.45, 2.75) is 48.8 Å². The first-order valence-electron chi connectivity index (χ1n) is 8.09. The molecule has 0 radical (unpaired) electrons. The summed E-state index contributed by atoms with van der Waals surface area (Å²) in [6.45, 7) is -2.50. The zero-order valence-electron chi connectivity index (χ0n) is 15.4. The molecule has 0 aliphatic heterocycles. The lowest BCUT2D eigenvalue weighted by atomic mass is 10.0. The Morgan fingerprint density at radius 2 is 1.32 bits per heavy atom. The lowest BCUT2D eigenvalue weighted by Gasteiger charge is -2.31. The Balaban J connectivity index is 5.43. The number of carbonyl (C=O) groups excluding carboxylic acids is 2. The van der Waals surface area contributed by atoms with Crippen LogP contribution in [-0.2, 0) is 32.3 Å². The van der Waals surface area contributed by atoms with Crippen LogP contribution in [0.1, 0.15) is 0 Å². The summed E-state index contributed by atoms with van der Waals surface area (Å²) in [7, 11) is -10.9. The van der Waals surface area contributed by atoms with Gasteiger partial charge < -0.3 is 60.0 Å². The van der Waals surface area contributed by atoms with Gasteiger partial charge in [0.1, 0.15) is 42.7 Å². The molecule has 0 heterocycles. The number of phosphoric ester groups is 2. The summed E-state index contributed by atoms with van der Waals surface area (Å²) in [5.74, 6) is 0. The monoisotopic (exact) mass is 502 g/mol. The number of aldehydes is 2. The molecular formula is C12H24O17P2. The third-order valence-electron chi connectivity index (χ3n) is 3.53. The Morgan fingerprint density at radius 1 is 0.774 bits per heavy atom. The number of hydrogen-bond acceptors (Lipinski definition) is 14.